The van der Waals surface area contributed by atoms with E-state index in [4.69, 9.17) is 9.47 Å². The summed E-state index contributed by atoms with van der Waals surface area (Å²) in [6.07, 6.45) is 1.30. The molecule has 1 aromatic carbocycles. The number of nitrogens with zero attached hydrogens (tertiary/aromatic N) is 3. The van der Waals surface area contributed by atoms with E-state index in [1.165, 1.54) is 0 Å². The summed E-state index contributed by atoms with van der Waals surface area (Å²) in [5.74, 6) is 2.47. The summed E-state index contributed by atoms with van der Waals surface area (Å²) in [4.78, 5) is 8.93. The van der Waals surface area contributed by atoms with Crippen molar-refractivity contribution in [2.24, 2.45) is 0 Å². The molecule has 3 rings (SSSR count). The van der Waals surface area contributed by atoms with Gasteiger partial charge in [0.1, 0.15) is 30.0 Å². The van der Waals surface area contributed by atoms with Gasteiger partial charge >= 0.3 is 0 Å². The van der Waals surface area contributed by atoms with Gasteiger partial charge in [0.15, 0.2) is 0 Å². The lowest BCUT2D eigenvalue weighted by molar-refractivity contribution is 0.0662. The minimum atomic E-state index is -0.521. The summed E-state index contributed by atoms with van der Waals surface area (Å²) in [6.45, 7) is 4.54. The van der Waals surface area contributed by atoms with Gasteiger partial charge in [-0.1, -0.05) is 12.1 Å². The van der Waals surface area contributed by atoms with Gasteiger partial charge in [-0.15, -0.1) is 0 Å². The van der Waals surface area contributed by atoms with Gasteiger partial charge in [0.05, 0.1) is 7.11 Å². The lowest BCUT2D eigenvalue weighted by Gasteiger charge is -2.36. The van der Waals surface area contributed by atoms with Crippen LogP contribution in [-0.4, -0.2) is 67.5 Å². The third kappa shape index (κ3) is 5.08. The van der Waals surface area contributed by atoms with Crippen LogP contribution >= 0.6 is 0 Å². The Morgan fingerprint density at radius 3 is 2.60 bits per heavy atom. The van der Waals surface area contributed by atoms with Crippen molar-refractivity contribution in [2.75, 3.05) is 51.3 Å². The van der Waals surface area contributed by atoms with E-state index in [2.05, 4.69) is 14.8 Å². The van der Waals surface area contributed by atoms with Crippen molar-refractivity contribution in [3.63, 3.8) is 0 Å². The molecule has 1 saturated heterocycles. The van der Waals surface area contributed by atoms with E-state index in [0.717, 1.165) is 37.7 Å². The number of β-amino-alcohol motifs (C(OH)–C–C–N with tert-alkyl or cyclic N) is 1. The van der Waals surface area contributed by atoms with E-state index < -0.39 is 6.10 Å². The maximum absolute atomic E-state index is 10.2. The Balaban J connectivity index is 1.41. The van der Waals surface area contributed by atoms with Gasteiger partial charge in [0.25, 0.3) is 0 Å². The van der Waals surface area contributed by atoms with E-state index in [1.807, 2.05) is 48.7 Å². The number of hydrogen-bond donors (Lipinski definition) is 1. The predicted molar refractivity (Wildman–Crippen MR) is 97.4 cm³/mol. The molecule has 0 radical (unpaired) electrons. The van der Waals surface area contributed by atoms with Crippen molar-refractivity contribution in [3.05, 3.63) is 48.7 Å². The van der Waals surface area contributed by atoms with Crippen LogP contribution in [0.5, 0.6) is 11.5 Å². The Morgan fingerprint density at radius 2 is 1.88 bits per heavy atom. The number of rotatable bonds is 7. The maximum atomic E-state index is 10.2. The van der Waals surface area contributed by atoms with Crippen molar-refractivity contribution >= 4 is 5.82 Å². The average molecular weight is 343 g/mol. The van der Waals surface area contributed by atoms with Crippen LogP contribution in [0.3, 0.4) is 0 Å². The molecule has 0 aliphatic carbocycles. The standard InChI is InChI=1S/C19H25N3O3/c1-24-17-5-4-6-18(13-17)25-15-16(23)14-21-9-11-22(12-10-21)19-7-2-3-8-20-19/h2-8,13,16,23H,9-12,14-15H2,1H3/t16-/m1/s1. The second kappa shape index (κ2) is 8.69. The van der Waals surface area contributed by atoms with Gasteiger partial charge < -0.3 is 19.5 Å². The van der Waals surface area contributed by atoms with E-state index in [9.17, 15) is 5.11 Å². The molecule has 1 aliphatic rings. The number of pyridine rings is 1. The third-order valence-corrected chi connectivity index (χ3v) is 4.30. The van der Waals surface area contributed by atoms with Crippen molar-refractivity contribution in [2.45, 2.75) is 6.10 Å². The van der Waals surface area contributed by atoms with E-state index >= 15 is 0 Å². The molecule has 0 amide bonds. The third-order valence-electron chi connectivity index (χ3n) is 4.30. The van der Waals surface area contributed by atoms with Crippen LogP contribution in [0.2, 0.25) is 0 Å². The second-order valence-corrected chi connectivity index (χ2v) is 6.12. The van der Waals surface area contributed by atoms with E-state index in [-0.39, 0.29) is 6.61 Å². The van der Waals surface area contributed by atoms with Crippen molar-refractivity contribution in [3.8, 4) is 11.5 Å². The molecular weight excluding hydrogens is 318 g/mol. The average Bonchev–Trinajstić information content (AvgIpc) is 2.68. The van der Waals surface area contributed by atoms with Gasteiger partial charge in [-0.3, -0.25) is 4.90 Å². The largest absolute Gasteiger partial charge is 0.497 e. The molecule has 25 heavy (non-hydrogen) atoms. The van der Waals surface area contributed by atoms with Gasteiger partial charge in [-0.2, -0.15) is 0 Å². The molecule has 0 spiro atoms. The summed E-state index contributed by atoms with van der Waals surface area (Å²) < 4.78 is 10.8. The molecule has 134 valence electrons. The molecule has 1 aromatic heterocycles. The molecule has 1 fully saturated rings. The molecule has 0 saturated carbocycles. The molecule has 1 aliphatic heterocycles. The first-order valence-electron chi connectivity index (χ1n) is 8.58. The second-order valence-electron chi connectivity index (χ2n) is 6.12. The number of aliphatic hydroxyl groups is 1. The van der Waals surface area contributed by atoms with Crippen molar-refractivity contribution in [1.82, 2.24) is 9.88 Å². The van der Waals surface area contributed by atoms with Crippen LogP contribution in [0.25, 0.3) is 0 Å². The number of methoxy groups -OCH3 is 1. The quantitative estimate of drug-likeness (QED) is 0.825. The van der Waals surface area contributed by atoms with Crippen molar-refractivity contribution < 1.29 is 14.6 Å². The first kappa shape index (κ1) is 17.5. The number of aromatic nitrogens is 1. The lowest BCUT2D eigenvalue weighted by Crippen LogP contribution is -2.49. The van der Waals surface area contributed by atoms with Gasteiger partial charge in [-0.05, 0) is 24.3 Å². The Morgan fingerprint density at radius 1 is 1.08 bits per heavy atom. The minimum absolute atomic E-state index is 0.271. The van der Waals surface area contributed by atoms with E-state index in [1.54, 1.807) is 7.11 Å². The van der Waals surface area contributed by atoms with Crippen LogP contribution in [-0.2, 0) is 0 Å². The van der Waals surface area contributed by atoms with Gasteiger partial charge in [0, 0.05) is 45.0 Å². The summed E-state index contributed by atoms with van der Waals surface area (Å²) in [7, 11) is 1.62. The van der Waals surface area contributed by atoms with Gasteiger partial charge in [0.2, 0.25) is 0 Å². The molecule has 2 heterocycles. The van der Waals surface area contributed by atoms with Crippen LogP contribution in [0.4, 0.5) is 5.82 Å². The minimum Gasteiger partial charge on any atom is -0.497 e. The first-order chi connectivity index (χ1) is 12.2. The Hall–Kier alpha value is -2.31. The number of aliphatic hydroxyl groups excluding tert-OH is 1. The smallest absolute Gasteiger partial charge is 0.128 e. The molecule has 0 unspecified atom stereocenters. The summed E-state index contributed by atoms with van der Waals surface area (Å²) in [6, 6.07) is 13.4. The highest BCUT2D eigenvalue weighted by atomic mass is 16.5. The zero-order valence-corrected chi connectivity index (χ0v) is 14.5. The predicted octanol–water partition coefficient (Wildman–Crippen LogP) is 1.65. The Labute approximate surface area is 148 Å². The monoisotopic (exact) mass is 343 g/mol. The molecule has 2 aromatic rings. The van der Waals surface area contributed by atoms with Gasteiger partial charge in [-0.25, -0.2) is 4.98 Å². The summed E-state index contributed by atoms with van der Waals surface area (Å²) in [5.41, 5.74) is 0. The molecule has 0 bridgehead atoms. The fourth-order valence-corrected chi connectivity index (χ4v) is 2.93. The number of benzene rings is 1. The molecular formula is C19H25N3O3. The topological polar surface area (TPSA) is 58.1 Å². The highest BCUT2D eigenvalue weighted by Crippen LogP contribution is 2.19. The first-order valence-corrected chi connectivity index (χ1v) is 8.58. The number of hydrogen-bond acceptors (Lipinski definition) is 6. The summed E-state index contributed by atoms with van der Waals surface area (Å²) >= 11 is 0. The molecule has 6 heteroatoms. The Kier molecular flexibility index (Phi) is 6.09. The molecule has 1 N–H and O–H groups in total. The SMILES string of the molecule is COc1cccc(OC[C@H](O)CN2CCN(c3ccccn3)CC2)c1. The summed E-state index contributed by atoms with van der Waals surface area (Å²) in [5, 5.41) is 10.2. The number of ether oxygens (including phenoxy) is 2. The highest BCUT2D eigenvalue weighted by Gasteiger charge is 2.20. The van der Waals surface area contributed by atoms with Crippen LogP contribution in [0.15, 0.2) is 48.7 Å². The van der Waals surface area contributed by atoms with Crippen LogP contribution in [0.1, 0.15) is 0 Å². The molecule has 6 nitrogen and oxygen atoms in total. The fourth-order valence-electron chi connectivity index (χ4n) is 2.93. The van der Waals surface area contributed by atoms with Crippen LogP contribution in [0, 0.1) is 0 Å². The Bertz CT molecular complexity index is 645. The fraction of sp³-hybridized carbons (Fsp3) is 0.421. The highest BCUT2D eigenvalue weighted by molar-refractivity contribution is 5.38. The normalized spacial score (nSPS) is 16.5. The lowest BCUT2D eigenvalue weighted by atomic mass is 10.2. The molecule has 1 atom stereocenters. The number of piperazine rings is 1. The number of anilines is 1. The van der Waals surface area contributed by atoms with Crippen molar-refractivity contribution in [1.29, 1.82) is 0 Å². The zero-order chi connectivity index (χ0) is 17.5. The zero-order valence-electron chi connectivity index (χ0n) is 14.5. The van der Waals surface area contributed by atoms with Crippen LogP contribution < -0.4 is 14.4 Å². The van der Waals surface area contributed by atoms with E-state index in [0.29, 0.717) is 12.3 Å². The maximum Gasteiger partial charge on any atom is 0.128 e.